The molecular weight excluding hydrogens is 286 g/mol. The van der Waals surface area contributed by atoms with Crippen molar-refractivity contribution in [3.63, 3.8) is 0 Å². The molecule has 1 aliphatic heterocycles. The second kappa shape index (κ2) is 7.92. The molecule has 2 heterocycles. The molecule has 1 amide bonds. The number of nitrogens with zero attached hydrogens (tertiary/aromatic N) is 1. The SMILES string of the molecule is Cc1ccc([C@H](C)N(C)C(=O)CCOC2CCOCC2)s1. The summed E-state index contributed by atoms with van der Waals surface area (Å²) in [5.41, 5.74) is 0. The molecule has 1 aliphatic rings. The highest BCUT2D eigenvalue weighted by Gasteiger charge is 2.19. The van der Waals surface area contributed by atoms with E-state index in [1.165, 1.54) is 9.75 Å². The van der Waals surface area contributed by atoms with Crippen LogP contribution in [-0.2, 0) is 14.3 Å². The maximum absolute atomic E-state index is 12.2. The zero-order valence-corrected chi connectivity index (χ0v) is 13.9. The van der Waals surface area contributed by atoms with Crippen LogP contribution in [0.15, 0.2) is 12.1 Å². The number of hydrogen-bond donors (Lipinski definition) is 0. The van der Waals surface area contributed by atoms with Gasteiger partial charge in [0, 0.05) is 30.0 Å². The molecule has 2 rings (SSSR count). The van der Waals surface area contributed by atoms with E-state index < -0.39 is 0 Å². The van der Waals surface area contributed by atoms with E-state index in [1.54, 1.807) is 11.3 Å². The molecular formula is C16H25NO3S. The van der Waals surface area contributed by atoms with Crippen molar-refractivity contribution in [1.82, 2.24) is 4.90 Å². The summed E-state index contributed by atoms with van der Waals surface area (Å²) in [6.45, 7) is 6.21. The van der Waals surface area contributed by atoms with Crippen LogP contribution in [0.25, 0.3) is 0 Å². The van der Waals surface area contributed by atoms with Crippen molar-refractivity contribution >= 4 is 17.2 Å². The number of hydrogen-bond acceptors (Lipinski definition) is 4. The molecule has 0 unspecified atom stereocenters. The third-order valence-corrected chi connectivity index (χ3v) is 5.16. The Hall–Kier alpha value is -0.910. The van der Waals surface area contributed by atoms with E-state index in [0.29, 0.717) is 13.0 Å². The van der Waals surface area contributed by atoms with Gasteiger partial charge in [-0.3, -0.25) is 4.79 Å². The van der Waals surface area contributed by atoms with Gasteiger partial charge in [0.2, 0.25) is 5.91 Å². The lowest BCUT2D eigenvalue weighted by atomic mass is 10.1. The third-order valence-electron chi connectivity index (χ3n) is 3.99. The Kier molecular flexibility index (Phi) is 6.21. The van der Waals surface area contributed by atoms with Crippen LogP contribution in [0.2, 0.25) is 0 Å². The van der Waals surface area contributed by atoms with Crippen LogP contribution in [0.3, 0.4) is 0 Å². The first-order chi connectivity index (χ1) is 10.1. The molecule has 0 bridgehead atoms. The summed E-state index contributed by atoms with van der Waals surface area (Å²) in [6.07, 6.45) is 2.58. The maximum atomic E-state index is 12.2. The van der Waals surface area contributed by atoms with E-state index >= 15 is 0 Å². The van der Waals surface area contributed by atoms with Crippen molar-refractivity contribution in [2.75, 3.05) is 26.9 Å². The molecule has 1 aromatic rings. The lowest BCUT2D eigenvalue weighted by Crippen LogP contribution is -2.31. The van der Waals surface area contributed by atoms with Crippen LogP contribution in [0.5, 0.6) is 0 Å². The molecule has 1 saturated heterocycles. The van der Waals surface area contributed by atoms with Gasteiger partial charge in [-0.05, 0) is 38.8 Å². The summed E-state index contributed by atoms with van der Waals surface area (Å²) in [7, 11) is 1.87. The van der Waals surface area contributed by atoms with Gasteiger partial charge in [-0.25, -0.2) is 0 Å². The van der Waals surface area contributed by atoms with Gasteiger partial charge in [-0.1, -0.05) is 0 Å². The number of amides is 1. The van der Waals surface area contributed by atoms with E-state index in [9.17, 15) is 4.79 Å². The average Bonchev–Trinajstić information content (AvgIpc) is 2.93. The molecule has 1 aromatic heterocycles. The van der Waals surface area contributed by atoms with Gasteiger partial charge in [0.05, 0.1) is 25.2 Å². The average molecular weight is 311 g/mol. The summed E-state index contributed by atoms with van der Waals surface area (Å²) >= 11 is 1.75. The molecule has 0 aliphatic carbocycles. The van der Waals surface area contributed by atoms with Gasteiger partial charge < -0.3 is 14.4 Å². The molecule has 4 nitrogen and oxygen atoms in total. The van der Waals surface area contributed by atoms with Crippen molar-refractivity contribution in [3.8, 4) is 0 Å². The topological polar surface area (TPSA) is 38.8 Å². The first-order valence-electron chi connectivity index (χ1n) is 7.59. The molecule has 118 valence electrons. The van der Waals surface area contributed by atoms with Crippen molar-refractivity contribution < 1.29 is 14.3 Å². The van der Waals surface area contributed by atoms with Crippen LogP contribution in [0.1, 0.15) is 42.0 Å². The first kappa shape index (κ1) is 16.5. The Morgan fingerprint density at radius 3 is 2.81 bits per heavy atom. The standard InChI is InChI=1S/C16H25NO3S/c1-12-4-5-15(21-12)13(2)17(3)16(18)8-11-20-14-6-9-19-10-7-14/h4-5,13-14H,6-11H2,1-3H3/t13-/m0/s1. The van der Waals surface area contributed by atoms with Crippen LogP contribution in [0, 0.1) is 6.92 Å². The van der Waals surface area contributed by atoms with E-state index in [1.807, 2.05) is 11.9 Å². The fourth-order valence-electron chi connectivity index (χ4n) is 2.42. The number of ether oxygens (including phenoxy) is 2. The van der Waals surface area contributed by atoms with Gasteiger partial charge in [0.25, 0.3) is 0 Å². The maximum Gasteiger partial charge on any atom is 0.225 e. The fraction of sp³-hybridized carbons (Fsp3) is 0.688. The molecule has 5 heteroatoms. The Morgan fingerprint density at radius 2 is 2.19 bits per heavy atom. The number of thiophene rings is 1. The molecule has 0 N–H and O–H groups in total. The predicted octanol–water partition coefficient (Wildman–Crippen LogP) is 3.16. The monoisotopic (exact) mass is 311 g/mol. The quantitative estimate of drug-likeness (QED) is 0.810. The molecule has 21 heavy (non-hydrogen) atoms. The minimum atomic E-state index is 0.124. The van der Waals surface area contributed by atoms with Crippen molar-refractivity contribution in [2.45, 2.75) is 45.3 Å². The Morgan fingerprint density at radius 1 is 1.48 bits per heavy atom. The van der Waals surface area contributed by atoms with Gasteiger partial charge in [0.1, 0.15) is 0 Å². The van der Waals surface area contributed by atoms with Gasteiger partial charge in [-0.15, -0.1) is 11.3 Å². The Balaban J connectivity index is 1.74. The van der Waals surface area contributed by atoms with Crippen LogP contribution < -0.4 is 0 Å². The summed E-state index contributed by atoms with van der Waals surface area (Å²) in [5.74, 6) is 0.139. The van der Waals surface area contributed by atoms with Crippen LogP contribution >= 0.6 is 11.3 Å². The highest BCUT2D eigenvalue weighted by Crippen LogP contribution is 2.26. The summed E-state index contributed by atoms with van der Waals surface area (Å²) in [5, 5.41) is 0. The van der Waals surface area contributed by atoms with E-state index in [4.69, 9.17) is 9.47 Å². The molecule has 0 aromatic carbocycles. The van der Waals surface area contributed by atoms with Crippen molar-refractivity contribution in [1.29, 1.82) is 0 Å². The minimum Gasteiger partial charge on any atom is -0.381 e. The van der Waals surface area contributed by atoms with E-state index in [-0.39, 0.29) is 18.1 Å². The smallest absolute Gasteiger partial charge is 0.225 e. The number of carbonyl (C=O) groups is 1. The van der Waals surface area contributed by atoms with Crippen LogP contribution in [0.4, 0.5) is 0 Å². The number of aryl methyl sites for hydroxylation is 1. The fourth-order valence-corrected chi connectivity index (χ4v) is 3.39. The molecule has 1 atom stereocenters. The van der Waals surface area contributed by atoms with E-state index in [2.05, 4.69) is 26.0 Å². The third kappa shape index (κ3) is 4.80. The second-order valence-corrected chi connectivity index (χ2v) is 6.88. The van der Waals surface area contributed by atoms with Gasteiger partial charge in [-0.2, -0.15) is 0 Å². The van der Waals surface area contributed by atoms with Gasteiger partial charge >= 0.3 is 0 Å². The number of rotatable bonds is 6. The Labute approximate surface area is 131 Å². The summed E-state index contributed by atoms with van der Waals surface area (Å²) < 4.78 is 11.1. The van der Waals surface area contributed by atoms with Crippen molar-refractivity contribution in [2.24, 2.45) is 0 Å². The highest BCUT2D eigenvalue weighted by molar-refractivity contribution is 7.12. The van der Waals surface area contributed by atoms with Gasteiger partial charge in [0.15, 0.2) is 0 Å². The van der Waals surface area contributed by atoms with Crippen LogP contribution in [-0.4, -0.2) is 43.8 Å². The predicted molar refractivity (Wildman–Crippen MR) is 84.7 cm³/mol. The minimum absolute atomic E-state index is 0.124. The van der Waals surface area contributed by atoms with E-state index in [0.717, 1.165) is 26.1 Å². The second-order valence-electron chi connectivity index (χ2n) is 5.56. The summed E-state index contributed by atoms with van der Waals surface area (Å²) in [6, 6.07) is 4.33. The Bertz CT molecular complexity index is 454. The molecule has 0 saturated carbocycles. The normalized spacial score (nSPS) is 17.7. The first-order valence-corrected chi connectivity index (χ1v) is 8.41. The molecule has 1 fully saturated rings. The number of carbonyl (C=O) groups excluding carboxylic acids is 1. The highest BCUT2D eigenvalue weighted by atomic mass is 32.1. The zero-order valence-electron chi connectivity index (χ0n) is 13.1. The summed E-state index contributed by atoms with van der Waals surface area (Å²) in [4.78, 5) is 16.6. The lowest BCUT2D eigenvalue weighted by molar-refractivity contribution is -0.133. The zero-order chi connectivity index (χ0) is 15.2. The van der Waals surface area contributed by atoms with Crippen molar-refractivity contribution in [3.05, 3.63) is 21.9 Å². The molecule has 0 spiro atoms. The lowest BCUT2D eigenvalue weighted by Gasteiger charge is -2.25. The largest absolute Gasteiger partial charge is 0.381 e. The molecule has 0 radical (unpaired) electrons.